The molecule has 0 aromatic heterocycles. The fourth-order valence-corrected chi connectivity index (χ4v) is 4.16. The fourth-order valence-electron chi connectivity index (χ4n) is 2.89. The zero-order chi connectivity index (χ0) is 17.8. The van der Waals surface area contributed by atoms with Crippen molar-refractivity contribution < 1.29 is 14.6 Å². The van der Waals surface area contributed by atoms with Crippen molar-refractivity contribution in [1.29, 1.82) is 0 Å². The number of rotatable bonds is 5. The number of benzene rings is 2. The van der Waals surface area contributed by atoms with Crippen molar-refractivity contribution in [3.8, 4) is 5.75 Å². The number of amides is 1. The van der Waals surface area contributed by atoms with Gasteiger partial charge in [0.2, 0.25) is 0 Å². The predicted molar refractivity (Wildman–Crippen MR) is 100 cm³/mol. The van der Waals surface area contributed by atoms with Gasteiger partial charge in [-0.2, -0.15) is 0 Å². The van der Waals surface area contributed by atoms with Crippen molar-refractivity contribution in [2.24, 2.45) is 0 Å². The van der Waals surface area contributed by atoms with Crippen molar-refractivity contribution >= 4 is 23.4 Å². The number of nitrogens with one attached hydrogen (secondary N) is 1. The maximum absolute atomic E-state index is 12.9. The lowest BCUT2D eigenvalue weighted by atomic mass is 10.1. The Morgan fingerprint density at radius 1 is 1.20 bits per heavy atom. The summed E-state index contributed by atoms with van der Waals surface area (Å²) in [7, 11) is 3.46. The maximum atomic E-state index is 12.9. The van der Waals surface area contributed by atoms with Gasteiger partial charge >= 0.3 is 0 Å². The van der Waals surface area contributed by atoms with E-state index in [1.165, 1.54) is 11.8 Å². The van der Waals surface area contributed by atoms with Crippen LogP contribution in [0.25, 0.3) is 0 Å². The van der Waals surface area contributed by atoms with Gasteiger partial charge in [-0.25, -0.2) is 0 Å². The summed E-state index contributed by atoms with van der Waals surface area (Å²) in [6.07, 6.45) is -1.11. The van der Waals surface area contributed by atoms with Crippen molar-refractivity contribution in [3.63, 3.8) is 0 Å². The monoisotopic (exact) mass is 358 g/mol. The summed E-state index contributed by atoms with van der Waals surface area (Å²) in [6.45, 7) is 1.17. The van der Waals surface area contributed by atoms with Gasteiger partial charge in [-0.05, 0) is 36.9 Å². The minimum atomic E-state index is -1.11. The lowest BCUT2D eigenvalue weighted by Gasteiger charge is -2.25. The Bertz CT molecular complexity index is 736. The standard InChI is InChI=1S/C19H22N2O3S/c1-20-11-12-21-15-5-3-4-6-16(15)25-18(17(22)19(21)23)13-7-9-14(24-2)10-8-13/h3-10,17-18,20,22H,11-12H2,1-2H3/t17-,18+/m1/s1. The molecule has 0 unspecified atom stereocenters. The summed E-state index contributed by atoms with van der Waals surface area (Å²) in [4.78, 5) is 15.6. The van der Waals surface area contributed by atoms with Gasteiger partial charge < -0.3 is 20.1 Å². The van der Waals surface area contributed by atoms with Crippen molar-refractivity contribution in [2.75, 3.05) is 32.1 Å². The van der Waals surface area contributed by atoms with Crippen LogP contribution < -0.4 is 15.0 Å². The summed E-state index contributed by atoms with van der Waals surface area (Å²) in [6, 6.07) is 15.3. The van der Waals surface area contributed by atoms with E-state index < -0.39 is 6.10 Å². The molecular weight excluding hydrogens is 336 g/mol. The quantitative estimate of drug-likeness (QED) is 0.860. The van der Waals surface area contributed by atoms with Crippen LogP contribution in [0.3, 0.4) is 0 Å². The number of para-hydroxylation sites is 1. The van der Waals surface area contributed by atoms with Crippen LogP contribution in [0.1, 0.15) is 10.8 Å². The Hall–Kier alpha value is -2.02. The number of methoxy groups -OCH3 is 1. The topological polar surface area (TPSA) is 61.8 Å². The van der Waals surface area contributed by atoms with Crippen LogP contribution >= 0.6 is 11.8 Å². The number of likely N-dealkylation sites (N-methyl/N-ethyl adjacent to an activating group) is 1. The lowest BCUT2D eigenvalue weighted by molar-refractivity contribution is -0.126. The highest BCUT2D eigenvalue weighted by Gasteiger charge is 2.36. The van der Waals surface area contributed by atoms with Gasteiger partial charge in [0.05, 0.1) is 18.0 Å². The molecule has 2 aromatic carbocycles. The molecule has 0 saturated heterocycles. The summed E-state index contributed by atoms with van der Waals surface area (Å²) in [5, 5.41) is 13.5. The minimum absolute atomic E-state index is 0.270. The Kier molecular flexibility index (Phi) is 5.63. The van der Waals surface area contributed by atoms with Crippen LogP contribution in [0, 0.1) is 0 Å². The number of carbonyl (C=O) groups excluding carboxylic acids is 1. The number of hydrogen-bond acceptors (Lipinski definition) is 5. The molecule has 2 aromatic rings. The van der Waals surface area contributed by atoms with E-state index in [1.807, 2.05) is 55.6 Å². The van der Waals surface area contributed by atoms with Crippen LogP contribution in [0.5, 0.6) is 5.75 Å². The average Bonchev–Trinajstić information content (AvgIpc) is 2.76. The van der Waals surface area contributed by atoms with Crippen molar-refractivity contribution in [2.45, 2.75) is 16.2 Å². The number of anilines is 1. The number of thioether (sulfide) groups is 1. The van der Waals surface area contributed by atoms with Crippen LogP contribution in [-0.2, 0) is 4.79 Å². The number of hydrogen-bond donors (Lipinski definition) is 2. The molecule has 1 amide bonds. The lowest BCUT2D eigenvalue weighted by Crippen LogP contribution is -2.43. The second-order valence-corrected chi connectivity index (χ2v) is 7.00. The number of carbonyl (C=O) groups is 1. The number of aliphatic hydroxyl groups is 1. The average molecular weight is 358 g/mol. The molecule has 0 bridgehead atoms. The van der Waals surface area contributed by atoms with Gasteiger partial charge in [0, 0.05) is 18.0 Å². The van der Waals surface area contributed by atoms with E-state index in [1.54, 1.807) is 12.0 Å². The molecule has 3 rings (SSSR count). The number of aliphatic hydroxyl groups excluding tert-OH is 1. The normalized spacial score (nSPS) is 20.1. The van der Waals surface area contributed by atoms with E-state index >= 15 is 0 Å². The molecule has 1 aliphatic rings. The van der Waals surface area contributed by atoms with E-state index in [9.17, 15) is 9.90 Å². The first kappa shape index (κ1) is 17.8. The number of fused-ring (bicyclic) bond motifs is 1. The molecule has 1 heterocycles. The molecule has 2 N–H and O–H groups in total. The molecule has 0 radical (unpaired) electrons. The molecule has 0 spiro atoms. The highest BCUT2D eigenvalue weighted by Crippen LogP contribution is 2.45. The first-order valence-electron chi connectivity index (χ1n) is 8.19. The molecule has 0 fully saturated rings. The summed E-state index contributed by atoms with van der Waals surface area (Å²) in [5.74, 6) is 0.479. The van der Waals surface area contributed by atoms with E-state index in [0.29, 0.717) is 13.1 Å². The second-order valence-electron chi connectivity index (χ2n) is 5.82. The smallest absolute Gasteiger partial charge is 0.257 e. The number of nitrogens with zero attached hydrogens (tertiary/aromatic N) is 1. The van der Waals surface area contributed by atoms with Crippen LogP contribution in [0.2, 0.25) is 0 Å². The Morgan fingerprint density at radius 2 is 1.92 bits per heavy atom. The molecule has 1 aliphatic heterocycles. The molecule has 6 heteroatoms. The molecular formula is C19H22N2O3S. The summed E-state index contributed by atoms with van der Waals surface area (Å²) in [5.41, 5.74) is 1.75. The summed E-state index contributed by atoms with van der Waals surface area (Å²) >= 11 is 1.52. The Morgan fingerprint density at radius 3 is 2.60 bits per heavy atom. The highest BCUT2D eigenvalue weighted by molar-refractivity contribution is 7.99. The molecule has 0 aliphatic carbocycles. The Labute approximate surface area is 152 Å². The number of ether oxygens (including phenoxy) is 1. The highest BCUT2D eigenvalue weighted by atomic mass is 32.2. The van der Waals surface area contributed by atoms with E-state index in [2.05, 4.69) is 5.32 Å². The van der Waals surface area contributed by atoms with Gasteiger partial charge in [-0.3, -0.25) is 4.79 Å². The molecule has 25 heavy (non-hydrogen) atoms. The second kappa shape index (κ2) is 7.91. The largest absolute Gasteiger partial charge is 0.497 e. The fraction of sp³-hybridized carbons (Fsp3) is 0.316. The zero-order valence-corrected chi connectivity index (χ0v) is 15.1. The van der Waals surface area contributed by atoms with Crippen LogP contribution in [0.15, 0.2) is 53.4 Å². The first-order valence-corrected chi connectivity index (χ1v) is 9.07. The van der Waals surface area contributed by atoms with Gasteiger partial charge in [0.15, 0.2) is 0 Å². The molecule has 2 atom stereocenters. The maximum Gasteiger partial charge on any atom is 0.257 e. The molecule has 132 valence electrons. The third-order valence-electron chi connectivity index (χ3n) is 4.25. The van der Waals surface area contributed by atoms with E-state index in [4.69, 9.17) is 4.74 Å². The van der Waals surface area contributed by atoms with Gasteiger partial charge in [0.25, 0.3) is 5.91 Å². The predicted octanol–water partition coefficient (Wildman–Crippen LogP) is 2.46. The zero-order valence-electron chi connectivity index (χ0n) is 14.3. The van der Waals surface area contributed by atoms with Crippen molar-refractivity contribution in [1.82, 2.24) is 5.32 Å². The Balaban J connectivity index is 1.99. The van der Waals surface area contributed by atoms with Gasteiger partial charge in [-0.15, -0.1) is 11.8 Å². The van der Waals surface area contributed by atoms with Crippen LogP contribution in [-0.4, -0.2) is 44.4 Å². The third kappa shape index (κ3) is 3.66. The minimum Gasteiger partial charge on any atom is -0.497 e. The third-order valence-corrected chi connectivity index (χ3v) is 5.63. The van der Waals surface area contributed by atoms with E-state index in [-0.39, 0.29) is 11.2 Å². The van der Waals surface area contributed by atoms with E-state index in [0.717, 1.165) is 21.9 Å². The summed E-state index contributed by atoms with van der Waals surface area (Å²) < 4.78 is 5.20. The first-order chi connectivity index (χ1) is 12.2. The molecule has 5 nitrogen and oxygen atoms in total. The SMILES string of the molecule is CNCCN1C(=O)[C@H](O)[C@H](c2ccc(OC)cc2)Sc2ccccc21. The van der Waals surface area contributed by atoms with Gasteiger partial charge in [0.1, 0.15) is 11.9 Å². The van der Waals surface area contributed by atoms with Gasteiger partial charge in [-0.1, -0.05) is 24.3 Å². The van der Waals surface area contributed by atoms with Crippen LogP contribution in [0.4, 0.5) is 5.69 Å². The molecule has 0 saturated carbocycles. The van der Waals surface area contributed by atoms with Crippen molar-refractivity contribution in [3.05, 3.63) is 54.1 Å².